The highest BCUT2D eigenvalue weighted by molar-refractivity contribution is 5.58. The van der Waals surface area contributed by atoms with Crippen molar-refractivity contribution in [2.24, 2.45) is 4.99 Å². The molecule has 1 heterocycles. The fourth-order valence-electron chi connectivity index (χ4n) is 0.769. The maximum absolute atomic E-state index is 4.12. The van der Waals surface area contributed by atoms with Gasteiger partial charge in [-0.2, -0.15) is 0 Å². The number of rotatable bonds is 0. The lowest BCUT2D eigenvalue weighted by Gasteiger charge is -1.89. The van der Waals surface area contributed by atoms with E-state index in [1.165, 1.54) is 12.0 Å². The second-order valence-electron chi connectivity index (χ2n) is 2.14. The van der Waals surface area contributed by atoms with Crippen molar-refractivity contribution in [1.82, 2.24) is 0 Å². The van der Waals surface area contributed by atoms with Gasteiger partial charge in [0.2, 0.25) is 0 Å². The number of aliphatic imine (C=N–C) groups is 1. The largest absolute Gasteiger partial charge is 0.293 e. The molecule has 0 aromatic carbocycles. The quantitative estimate of drug-likeness (QED) is 0.420. The third kappa shape index (κ3) is 1.49. The maximum Gasteiger partial charge on any atom is 0.0568 e. The summed E-state index contributed by atoms with van der Waals surface area (Å²) in [6.07, 6.45) is 6.52. The maximum atomic E-state index is 4.12. The van der Waals surface area contributed by atoms with Crippen LogP contribution >= 0.6 is 0 Å². The van der Waals surface area contributed by atoms with Crippen LogP contribution in [0.3, 0.4) is 0 Å². The molecule has 0 aromatic heterocycles. The molecule has 0 atom stereocenters. The van der Waals surface area contributed by atoms with Gasteiger partial charge in [-0.15, -0.1) is 0 Å². The summed E-state index contributed by atoms with van der Waals surface area (Å²) in [6.45, 7) is 3.06. The van der Waals surface area contributed by atoms with Crippen molar-refractivity contribution >= 4 is 6.21 Å². The van der Waals surface area contributed by atoms with Gasteiger partial charge in [0, 0.05) is 0 Å². The van der Waals surface area contributed by atoms with Gasteiger partial charge >= 0.3 is 0 Å². The van der Waals surface area contributed by atoms with Crippen molar-refractivity contribution < 1.29 is 0 Å². The van der Waals surface area contributed by atoms with Gasteiger partial charge < -0.3 is 0 Å². The number of hydrogen-bond donors (Lipinski definition) is 0. The summed E-state index contributed by atoms with van der Waals surface area (Å²) in [5.41, 5.74) is 1.47. The first kappa shape index (κ1) is 5.54. The molecule has 8 heavy (non-hydrogen) atoms. The molecular formula is C7H11N. The molecule has 1 nitrogen and oxygen atoms in total. The highest BCUT2D eigenvalue weighted by Gasteiger charge is 1.89. The summed E-state index contributed by atoms with van der Waals surface area (Å²) in [4.78, 5) is 4.12. The molecule has 1 aliphatic rings. The number of nitrogens with zero attached hydrogens (tertiary/aromatic N) is 1. The van der Waals surface area contributed by atoms with E-state index in [0.717, 1.165) is 13.0 Å². The van der Waals surface area contributed by atoms with Crippen molar-refractivity contribution in [2.75, 3.05) is 6.54 Å². The van der Waals surface area contributed by atoms with Crippen LogP contribution in [0.5, 0.6) is 0 Å². The predicted molar refractivity (Wildman–Crippen MR) is 36.4 cm³/mol. The Kier molecular flexibility index (Phi) is 1.84. The van der Waals surface area contributed by atoms with Gasteiger partial charge in [0.05, 0.1) is 6.54 Å². The fraction of sp³-hybridized carbons (Fsp3) is 0.571. The minimum atomic E-state index is 0.895. The zero-order valence-corrected chi connectivity index (χ0v) is 5.22. The second kappa shape index (κ2) is 2.65. The molecule has 0 radical (unpaired) electrons. The van der Waals surface area contributed by atoms with Gasteiger partial charge in [0.1, 0.15) is 0 Å². The van der Waals surface area contributed by atoms with Crippen molar-refractivity contribution in [3.63, 3.8) is 0 Å². The predicted octanol–water partition coefficient (Wildman–Crippen LogP) is 1.80. The van der Waals surface area contributed by atoms with Crippen molar-refractivity contribution in [2.45, 2.75) is 19.8 Å². The first-order valence-corrected chi connectivity index (χ1v) is 3.03. The molecule has 0 aliphatic carbocycles. The topological polar surface area (TPSA) is 12.4 Å². The van der Waals surface area contributed by atoms with Crippen LogP contribution in [0, 0.1) is 0 Å². The monoisotopic (exact) mass is 109 g/mol. The van der Waals surface area contributed by atoms with Crippen LogP contribution in [0.2, 0.25) is 0 Å². The molecule has 0 saturated carbocycles. The summed E-state index contributed by atoms with van der Waals surface area (Å²) in [5.74, 6) is 0. The molecule has 1 aliphatic heterocycles. The Balaban J connectivity index is 2.48. The van der Waals surface area contributed by atoms with Crippen LogP contribution in [0.15, 0.2) is 16.6 Å². The van der Waals surface area contributed by atoms with Gasteiger partial charge in [0.25, 0.3) is 0 Å². The summed E-state index contributed by atoms with van der Waals surface area (Å²) in [5, 5.41) is 0. The highest BCUT2D eigenvalue weighted by atomic mass is 14.7. The number of allylic oxidation sites excluding steroid dienone is 1. The summed E-state index contributed by atoms with van der Waals surface area (Å²) < 4.78 is 0. The molecule has 0 N–H and O–H groups in total. The van der Waals surface area contributed by atoms with Crippen LogP contribution in [0.1, 0.15) is 19.8 Å². The second-order valence-corrected chi connectivity index (χ2v) is 2.14. The van der Waals surface area contributed by atoms with E-state index in [2.05, 4.69) is 18.0 Å². The van der Waals surface area contributed by atoms with E-state index in [1.807, 2.05) is 6.21 Å². The van der Waals surface area contributed by atoms with E-state index in [0.29, 0.717) is 0 Å². The highest BCUT2D eigenvalue weighted by Crippen LogP contribution is 2.04. The Labute approximate surface area is 50.1 Å². The molecule has 1 rings (SSSR count). The molecular weight excluding hydrogens is 98.1 g/mol. The summed E-state index contributed by atoms with van der Waals surface area (Å²) in [7, 11) is 0. The lowest BCUT2D eigenvalue weighted by molar-refractivity contribution is 1.03. The third-order valence-corrected chi connectivity index (χ3v) is 1.34. The lowest BCUT2D eigenvalue weighted by atomic mass is 10.2. The average molecular weight is 109 g/mol. The zero-order valence-electron chi connectivity index (χ0n) is 5.22. The molecule has 0 aromatic rings. The van der Waals surface area contributed by atoms with Gasteiger partial charge in [0.15, 0.2) is 0 Å². The van der Waals surface area contributed by atoms with Crippen molar-refractivity contribution in [3.05, 3.63) is 11.6 Å². The third-order valence-electron chi connectivity index (χ3n) is 1.34. The molecule has 0 bridgehead atoms. The minimum absolute atomic E-state index is 0.895. The Bertz CT molecular complexity index is 122. The van der Waals surface area contributed by atoms with Crippen LogP contribution < -0.4 is 0 Å². The van der Waals surface area contributed by atoms with Crippen LogP contribution in [-0.4, -0.2) is 12.8 Å². The van der Waals surface area contributed by atoms with Gasteiger partial charge in [-0.25, -0.2) is 0 Å². The van der Waals surface area contributed by atoms with E-state index < -0.39 is 0 Å². The van der Waals surface area contributed by atoms with E-state index in [9.17, 15) is 0 Å². The van der Waals surface area contributed by atoms with Crippen LogP contribution in [0.25, 0.3) is 0 Å². The zero-order chi connectivity index (χ0) is 5.82. The molecule has 0 fully saturated rings. The molecule has 0 unspecified atom stereocenters. The Morgan fingerprint density at radius 1 is 1.62 bits per heavy atom. The summed E-state index contributed by atoms with van der Waals surface area (Å²) >= 11 is 0. The van der Waals surface area contributed by atoms with Gasteiger partial charge in [-0.1, -0.05) is 11.6 Å². The van der Waals surface area contributed by atoms with E-state index in [1.54, 1.807) is 0 Å². The Morgan fingerprint density at radius 2 is 2.50 bits per heavy atom. The van der Waals surface area contributed by atoms with Gasteiger partial charge in [-0.3, -0.25) is 4.99 Å². The van der Waals surface area contributed by atoms with Crippen LogP contribution in [-0.2, 0) is 0 Å². The Morgan fingerprint density at radius 3 is 3.38 bits per heavy atom. The Hall–Kier alpha value is -0.590. The first-order valence-electron chi connectivity index (χ1n) is 3.03. The first-order chi connectivity index (χ1) is 3.89. The molecule has 44 valence electrons. The summed E-state index contributed by atoms with van der Waals surface area (Å²) in [6, 6.07) is 0. The standard InChI is InChI=1S/C7H11N/c1-7-3-2-5-8-6-4-7/h4-5H,2-3,6H2,1H3. The minimum Gasteiger partial charge on any atom is -0.293 e. The molecule has 0 saturated heterocycles. The molecule has 0 amide bonds. The lowest BCUT2D eigenvalue weighted by Crippen LogP contribution is -1.74. The molecule has 1 heteroatoms. The molecule has 0 spiro atoms. The fourth-order valence-corrected chi connectivity index (χ4v) is 0.769. The van der Waals surface area contributed by atoms with E-state index in [4.69, 9.17) is 0 Å². The van der Waals surface area contributed by atoms with Crippen molar-refractivity contribution in [1.29, 1.82) is 0 Å². The normalized spacial score (nSPS) is 19.9. The van der Waals surface area contributed by atoms with Crippen molar-refractivity contribution in [3.8, 4) is 0 Å². The van der Waals surface area contributed by atoms with E-state index >= 15 is 0 Å². The SMILES string of the molecule is CC1=CCN=CCC1. The van der Waals surface area contributed by atoms with Gasteiger partial charge in [-0.05, 0) is 26.0 Å². The smallest absolute Gasteiger partial charge is 0.0568 e. The average Bonchev–Trinajstić information content (AvgIpc) is 1.94. The van der Waals surface area contributed by atoms with E-state index in [-0.39, 0.29) is 0 Å². The number of hydrogen-bond acceptors (Lipinski definition) is 1. The van der Waals surface area contributed by atoms with Crippen LogP contribution in [0.4, 0.5) is 0 Å².